The molecule has 0 radical (unpaired) electrons. The average molecular weight is 237 g/mol. The number of ether oxygens (including phenoxy) is 1. The summed E-state index contributed by atoms with van der Waals surface area (Å²) in [4.78, 5) is 9.37. The highest BCUT2D eigenvalue weighted by Gasteiger charge is 2.27. The van der Waals surface area contributed by atoms with Crippen LogP contribution in [-0.2, 0) is 4.74 Å². The quantitative estimate of drug-likeness (QED) is 0.689. The van der Waals surface area contributed by atoms with Gasteiger partial charge in [0, 0.05) is 39.3 Å². The fourth-order valence-corrected chi connectivity index (χ4v) is 2.27. The van der Waals surface area contributed by atoms with Crippen molar-refractivity contribution in [2.75, 3.05) is 40.4 Å². The molecule has 1 saturated heterocycles. The first kappa shape index (κ1) is 12.4. The monoisotopic (exact) mass is 237 g/mol. The minimum atomic E-state index is 0.00198. The number of aliphatic imine (C=N–C) groups is 1. The van der Waals surface area contributed by atoms with Gasteiger partial charge in [0.25, 0.3) is 0 Å². The summed E-state index contributed by atoms with van der Waals surface area (Å²) in [7, 11) is 4.20. The summed E-state index contributed by atoms with van der Waals surface area (Å²) in [5, 5.41) is 0. The van der Waals surface area contributed by atoms with Gasteiger partial charge in [-0.3, -0.25) is 4.99 Å². The highest BCUT2D eigenvalue weighted by molar-refractivity contribution is 5.94. The topological polar surface area (TPSA) is 28.1 Å². The molecule has 96 valence electrons. The van der Waals surface area contributed by atoms with Gasteiger partial charge in [-0.15, -0.1) is 0 Å². The maximum absolute atomic E-state index is 5.39. The Morgan fingerprint density at radius 2 is 1.94 bits per heavy atom. The first-order valence-electron chi connectivity index (χ1n) is 6.28. The van der Waals surface area contributed by atoms with E-state index in [1.807, 2.05) is 0 Å². The van der Waals surface area contributed by atoms with Crippen LogP contribution in [0.25, 0.3) is 0 Å². The van der Waals surface area contributed by atoms with Gasteiger partial charge in [-0.25, -0.2) is 0 Å². The maximum Gasteiger partial charge on any atom is 0.125 e. The molecule has 0 aromatic carbocycles. The van der Waals surface area contributed by atoms with Crippen LogP contribution in [0.3, 0.4) is 0 Å². The highest BCUT2D eigenvalue weighted by Crippen LogP contribution is 2.26. The molecule has 0 aromatic rings. The molecule has 2 heterocycles. The van der Waals surface area contributed by atoms with Gasteiger partial charge in [0.2, 0.25) is 0 Å². The van der Waals surface area contributed by atoms with E-state index in [-0.39, 0.29) is 5.54 Å². The third-order valence-corrected chi connectivity index (χ3v) is 3.24. The lowest BCUT2D eigenvalue weighted by molar-refractivity contribution is 0.0678. The minimum Gasteiger partial charge on any atom is -0.381 e. The van der Waals surface area contributed by atoms with Crippen molar-refractivity contribution in [3.8, 4) is 0 Å². The number of morpholine rings is 1. The second-order valence-electron chi connectivity index (χ2n) is 5.59. The van der Waals surface area contributed by atoms with E-state index in [0.717, 1.165) is 38.6 Å². The average Bonchev–Trinajstić information content (AvgIpc) is 2.28. The molecule has 0 N–H and O–H groups in total. The molecule has 2 aliphatic heterocycles. The number of rotatable bonds is 1. The molecule has 0 saturated carbocycles. The predicted molar refractivity (Wildman–Crippen MR) is 70.3 cm³/mol. The molecule has 0 aliphatic carbocycles. The van der Waals surface area contributed by atoms with Gasteiger partial charge in [-0.2, -0.15) is 0 Å². The van der Waals surface area contributed by atoms with Gasteiger partial charge in [0.15, 0.2) is 0 Å². The molecular weight excluding hydrogens is 214 g/mol. The van der Waals surface area contributed by atoms with Crippen LogP contribution < -0.4 is 0 Å². The van der Waals surface area contributed by atoms with Gasteiger partial charge in [0.1, 0.15) is 5.84 Å². The van der Waals surface area contributed by atoms with E-state index in [1.165, 1.54) is 5.70 Å². The van der Waals surface area contributed by atoms with Crippen LogP contribution in [0.15, 0.2) is 16.8 Å². The zero-order valence-corrected chi connectivity index (χ0v) is 11.4. The molecule has 1 fully saturated rings. The normalized spacial score (nSPS) is 24.1. The van der Waals surface area contributed by atoms with Gasteiger partial charge >= 0.3 is 0 Å². The van der Waals surface area contributed by atoms with Gasteiger partial charge < -0.3 is 14.5 Å². The van der Waals surface area contributed by atoms with Crippen LogP contribution in [0, 0.1) is 0 Å². The molecule has 0 unspecified atom stereocenters. The lowest BCUT2D eigenvalue weighted by Crippen LogP contribution is -2.43. The third-order valence-electron chi connectivity index (χ3n) is 3.24. The Labute approximate surface area is 104 Å². The van der Waals surface area contributed by atoms with E-state index in [9.17, 15) is 0 Å². The molecule has 2 aliphatic rings. The summed E-state index contributed by atoms with van der Waals surface area (Å²) < 4.78 is 5.39. The van der Waals surface area contributed by atoms with Crippen molar-refractivity contribution >= 4 is 5.84 Å². The van der Waals surface area contributed by atoms with Crippen LogP contribution >= 0.6 is 0 Å². The van der Waals surface area contributed by atoms with E-state index in [2.05, 4.69) is 43.8 Å². The van der Waals surface area contributed by atoms with Crippen LogP contribution in [0.1, 0.15) is 20.3 Å². The van der Waals surface area contributed by atoms with Crippen molar-refractivity contribution in [2.24, 2.45) is 4.99 Å². The molecule has 0 aromatic heterocycles. The summed E-state index contributed by atoms with van der Waals surface area (Å²) in [6.07, 6.45) is 3.23. The van der Waals surface area contributed by atoms with Gasteiger partial charge in [-0.05, 0) is 19.9 Å². The number of hydrogen-bond donors (Lipinski definition) is 0. The van der Waals surface area contributed by atoms with E-state index in [0.29, 0.717) is 0 Å². The summed E-state index contributed by atoms with van der Waals surface area (Å²) in [5.74, 6) is 1.12. The van der Waals surface area contributed by atoms with E-state index < -0.39 is 0 Å². The van der Waals surface area contributed by atoms with Crippen molar-refractivity contribution in [3.05, 3.63) is 11.8 Å². The SMILES string of the molecule is CN(C)C1=CC(N2CCOCC2)=NC(C)(C)C1. The van der Waals surface area contributed by atoms with E-state index >= 15 is 0 Å². The lowest BCUT2D eigenvalue weighted by atomic mass is 9.95. The highest BCUT2D eigenvalue weighted by atomic mass is 16.5. The standard InChI is InChI=1S/C13H23N3O/c1-13(2)10-11(15(3)4)9-12(14-13)16-5-7-17-8-6-16/h9H,5-8,10H2,1-4H3. The molecule has 0 bridgehead atoms. The zero-order chi connectivity index (χ0) is 12.5. The minimum absolute atomic E-state index is 0.00198. The first-order valence-corrected chi connectivity index (χ1v) is 6.28. The molecule has 4 heteroatoms. The molecule has 0 spiro atoms. The number of amidine groups is 1. The third kappa shape index (κ3) is 3.00. The molecule has 0 amide bonds. The van der Waals surface area contributed by atoms with E-state index in [1.54, 1.807) is 0 Å². The Balaban J connectivity index is 2.21. The molecular formula is C13H23N3O. The summed E-state index contributed by atoms with van der Waals surface area (Å²) >= 11 is 0. The summed E-state index contributed by atoms with van der Waals surface area (Å²) in [6.45, 7) is 7.92. The van der Waals surface area contributed by atoms with Crippen molar-refractivity contribution in [1.29, 1.82) is 0 Å². The Hall–Kier alpha value is -1.03. The largest absolute Gasteiger partial charge is 0.381 e. The second-order valence-corrected chi connectivity index (χ2v) is 5.59. The fraction of sp³-hybridized carbons (Fsp3) is 0.769. The van der Waals surface area contributed by atoms with E-state index in [4.69, 9.17) is 9.73 Å². The smallest absolute Gasteiger partial charge is 0.125 e. The van der Waals surface area contributed by atoms with Crippen LogP contribution in [0.2, 0.25) is 0 Å². The number of dihydropyridines is 1. The van der Waals surface area contributed by atoms with Crippen molar-refractivity contribution < 1.29 is 4.74 Å². The van der Waals surface area contributed by atoms with Crippen molar-refractivity contribution in [1.82, 2.24) is 9.80 Å². The summed E-state index contributed by atoms with van der Waals surface area (Å²) in [5.41, 5.74) is 1.36. The van der Waals surface area contributed by atoms with Gasteiger partial charge in [0.05, 0.1) is 18.8 Å². The van der Waals surface area contributed by atoms with Crippen molar-refractivity contribution in [3.63, 3.8) is 0 Å². The lowest BCUT2D eigenvalue weighted by Gasteiger charge is -2.36. The Bertz CT molecular complexity index is 339. The Morgan fingerprint density at radius 3 is 2.53 bits per heavy atom. The molecule has 0 atom stereocenters. The van der Waals surface area contributed by atoms with Crippen molar-refractivity contribution in [2.45, 2.75) is 25.8 Å². The molecule has 17 heavy (non-hydrogen) atoms. The van der Waals surface area contributed by atoms with Crippen LogP contribution in [-0.4, -0.2) is 61.6 Å². The number of nitrogens with zero attached hydrogens (tertiary/aromatic N) is 3. The maximum atomic E-state index is 5.39. The predicted octanol–water partition coefficient (Wildman–Crippen LogP) is 1.34. The first-order chi connectivity index (χ1) is 7.98. The summed E-state index contributed by atoms with van der Waals surface area (Å²) in [6, 6.07) is 0. The van der Waals surface area contributed by atoms with Crippen LogP contribution in [0.4, 0.5) is 0 Å². The molecule has 4 nitrogen and oxygen atoms in total. The molecule has 2 rings (SSSR count). The van der Waals surface area contributed by atoms with Crippen LogP contribution in [0.5, 0.6) is 0 Å². The second kappa shape index (κ2) is 4.69. The Kier molecular flexibility index (Phi) is 3.43. The zero-order valence-electron chi connectivity index (χ0n) is 11.4. The van der Waals surface area contributed by atoms with Gasteiger partial charge in [-0.1, -0.05) is 0 Å². The number of hydrogen-bond acceptors (Lipinski definition) is 4. The fourth-order valence-electron chi connectivity index (χ4n) is 2.27. The Morgan fingerprint density at radius 1 is 1.29 bits per heavy atom.